The van der Waals surface area contributed by atoms with Gasteiger partial charge >= 0.3 is 5.97 Å². The predicted octanol–water partition coefficient (Wildman–Crippen LogP) is 4.14. The zero-order valence-electron chi connectivity index (χ0n) is 26.1. The van der Waals surface area contributed by atoms with Crippen LogP contribution < -0.4 is 14.5 Å². The molecule has 3 aliphatic rings. The molecule has 1 spiro atoms. The van der Waals surface area contributed by atoms with Crippen molar-refractivity contribution in [3.63, 3.8) is 0 Å². The first kappa shape index (κ1) is 30.5. The zero-order chi connectivity index (χ0) is 31.2. The van der Waals surface area contributed by atoms with Crippen LogP contribution in [0, 0.1) is 12.3 Å². The Hall–Kier alpha value is -3.48. The molecule has 11 nitrogen and oxygen atoms in total. The first-order valence-electron chi connectivity index (χ1n) is 15.4. The number of carbonyl (C=O) groups excluding carboxylic acids is 2. The van der Waals surface area contributed by atoms with Gasteiger partial charge in [-0.15, -0.1) is 4.72 Å². The highest BCUT2D eigenvalue weighted by molar-refractivity contribution is 7.90. The second-order valence-electron chi connectivity index (χ2n) is 12.9. The lowest BCUT2D eigenvalue weighted by atomic mass is 9.73. The average Bonchev–Trinajstić information content (AvgIpc) is 3.59. The summed E-state index contributed by atoms with van der Waals surface area (Å²) in [7, 11) is 0. The number of carbonyl (C=O) groups is 2. The van der Waals surface area contributed by atoms with E-state index in [0.29, 0.717) is 37.0 Å². The molecule has 234 valence electrons. The lowest BCUT2D eigenvalue weighted by molar-refractivity contribution is 0.0519. The third kappa shape index (κ3) is 5.48. The van der Waals surface area contributed by atoms with Crippen LogP contribution in [0.4, 0.5) is 11.6 Å². The number of benzene rings is 1. The number of aryl methyl sites for hydroxylation is 2. The fourth-order valence-corrected chi connectivity index (χ4v) is 7.65. The van der Waals surface area contributed by atoms with E-state index in [9.17, 15) is 14.1 Å². The van der Waals surface area contributed by atoms with E-state index < -0.39 is 22.1 Å². The highest BCUT2D eigenvalue weighted by atomic mass is 32.2. The molecule has 2 aliphatic heterocycles. The number of hydrogen-bond donors (Lipinski definition) is 1. The van der Waals surface area contributed by atoms with Crippen LogP contribution in [0.1, 0.15) is 90.8 Å². The van der Waals surface area contributed by atoms with E-state index in [1.165, 1.54) is 11.1 Å². The van der Waals surface area contributed by atoms with E-state index in [1.807, 2.05) is 32.9 Å². The molecule has 0 bridgehead atoms. The lowest BCUT2D eigenvalue weighted by Crippen LogP contribution is -2.50. The molecule has 6 rings (SSSR count). The summed E-state index contributed by atoms with van der Waals surface area (Å²) in [4.78, 5) is 40.2. The van der Waals surface area contributed by atoms with Crippen molar-refractivity contribution in [2.24, 2.45) is 5.41 Å². The second-order valence-corrected chi connectivity index (χ2v) is 14.9. The maximum atomic E-state index is 13.8. The molecule has 1 saturated heterocycles. The summed E-state index contributed by atoms with van der Waals surface area (Å²) in [6.45, 7) is 12.2. The van der Waals surface area contributed by atoms with Gasteiger partial charge < -0.3 is 14.2 Å². The molecule has 1 N–H and O–H groups in total. The second kappa shape index (κ2) is 11.8. The summed E-state index contributed by atoms with van der Waals surface area (Å²) in [6.07, 6.45) is 4.96. The largest absolute Gasteiger partial charge is 0.598 e. The van der Waals surface area contributed by atoms with Gasteiger partial charge in [0.05, 0.1) is 24.5 Å². The van der Waals surface area contributed by atoms with Gasteiger partial charge in [0.2, 0.25) is 0 Å². The molecule has 12 heteroatoms. The molecule has 1 aliphatic carbocycles. The Labute approximate surface area is 261 Å². The number of nitrogens with one attached hydrogen (secondary N) is 1. The first-order chi connectivity index (χ1) is 21.0. The van der Waals surface area contributed by atoms with Crippen molar-refractivity contribution in [1.29, 1.82) is 0 Å². The summed E-state index contributed by atoms with van der Waals surface area (Å²) in [5.74, 6) is 0.241. The standard InChI is InChI=1S/C32H41N7O4S/c1-6-43-30(41)26-28(34-21(2)25(35-26)29(40)38-16-9-17-39-24(38)12-15-33-39)37-18-13-32(14-19-37)20-22-10-7-8-11-23(22)27(32)36-44(42)31(3,4)5/h7-8,10-12,15,27,36H,6,9,13-14,16-20H2,1-5H3. The van der Waals surface area contributed by atoms with Crippen molar-refractivity contribution in [2.75, 3.05) is 36.0 Å². The Morgan fingerprint density at radius 3 is 2.57 bits per heavy atom. The third-order valence-electron chi connectivity index (χ3n) is 9.05. The predicted molar refractivity (Wildman–Crippen MR) is 169 cm³/mol. The smallest absolute Gasteiger partial charge is 0.360 e. The van der Waals surface area contributed by atoms with Gasteiger partial charge in [-0.3, -0.25) is 9.69 Å². The molecule has 1 amide bonds. The molecule has 2 aromatic heterocycles. The molecule has 3 aromatic rings. The molecule has 44 heavy (non-hydrogen) atoms. The van der Waals surface area contributed by atoms with Gasteiger partial charge in [-0.2, -0.15) is 5.10 Å². The quantitative estimate of drug-likeness (QED) is 0.320. The van der Waals surface area contributed by atoms with Crippen LogP contribution in [0.2, 0.25) is 0 Å². The lowest BCUT2D eigenvalue weighted by Gasteiger charge is -2.44. The van der Waals surface area contributed by atoms with Gasteiger partial charge in [-0.1, -0.05) is 24.3 Å². The molecular formula is C32H41N7O4S. The number of fused-ring (bicyclic) bond motifs is 2. The molecule has 0 radical (unpaired) electrons. The SMILES string of the molecule is CCOC(=O)c1nc(C(=O)N2CCCn3nccc32)c(C)nc1N1CCC2(CC1)Cc1ccccc1C2N[S+]([O-])C(C)(C)C. The molecule has 2 unspecified atom stereocenters. The Kier molecular flexibility index (Phi) is 8.18. The van der Waals surface area contributed by atoms with Gasteiger partial charge in [0.15, 0.2) is 17.2 Å². The monoisotopic (exact) mass is 619 g/mol. The maximum absolute atomic E-state index is 13.8. The van der Waals surface area contributed by atoms with Crippen LogP contribution in [-0.4, -0.2) is 67.2 Å². The van der Waals surface area contributed by atoms with Crippen LogP contribution in [0.5, 0.6) is 0 Å². The van der Waals surface area contributed by atoms with Gasteiger partial charge in [0.25, 0.3) is 5.91 Å². The number of esters is 1. The molecule has 0 saturated carbocycles. The number of nitrogens with zero attached hydrogens (tertiary/aromatic N) is 6. The Balaban J connectivity index is 1.29. The van der Waals surface area contributed by atoms with Crippen LogP contribution in [0.3, 0.4) is 0 Å². The number of amides is 1. The number of rotatable bonds is 6. The minimum absolute atomic E-state index is 0.0452. The van der Waals surface area contributed by atoms with E-state index in [-0.39, 0.29) is 35.4 Å². The number of hydrogen-bond acceptors (Lipinski definition) is 9. The molecule has 1 aromatic carbocycles. The van der Waals surface area contributed by atoms with E-state index >= 15 is 0 Å². The van der Waals surface area contributed by atoms with E-state index in [2.05, 4.69) is 37.9 Å². The number of ether oxygens (including phenoxy) is 1. The van der Waals surface area contributed by atoms with Gasteiger partial charge in [-0.25, -0.2) is 19.4 Å². The van der Waals surface area contributed by atoms with Gasteiger partial charge in [-0.05, 0) is 71.4 Å². The Morgan fingerprint density at radius 2 is 1.84 bits per heavy atom. The van der Waals surface area contributed by atoms with E-state index in [1.54, 1.807) is 29.6 Å². The van der Waals surface area contributed by atoms with Crippen LogP contribution >= 0.6 is 0 Å². The van der Waals surface area contributed by atoms with Crippen LogP contribution in [-0.2, 0) is 29.1 Å². The zero-order valence-corrected chi connectivity index (χ0v) is 26.9. The fourth-order valence-electron chi connectivity index (χ4n) is 6.71. The minimum atomic E-state index is -1.23. The van der Waals surface area contributed by atoms with Crippen molar-refractivity contribution < 1.29 is 18.9 Å². The minimum Gasteiger partial charge on any atom is -0.598 e. The molecular weight excluding hydrogens is 578 g/mol. The highest BCUT2D eigenvalue weighted by Crippen LogP contribution is 2.53. The number of anilines is 2. The van der Waals surface area contributed by atoms with Crippen molar-refractivity contribution in [3.8, 4) is 0 Å². The van der Waals surface area contributed by atoms with Gasteiger partial charge in [0, 0.05) is 49.0 Å². The van der Waals surface area contributed by atoms with Crippen molar-refractivity contribution in [1.82, 2.24) is 24.5 Å². The molecule has 1 fully saturated rings. The number of piperidine rings is 1. The summed E-state index contributed by atoms with van der Waals surface area (Å²) in [5.41, 5.74) is 3.03. The highest BCUT2D eigenvalue weighted by Gasteiger charge is 2.50. The van der Waals surface area contributed by atoms with Crippen LogP contribution in [0.25, 0.3) is 0 Å². The van der Waals surface area contributed by atoms with E-state index in [4.69, 9.17) is 9.72 Å². The summed E-state index contributed by atoms with van der Waals surface area (Å²) in [5, 5.41) is 4.31. The Bertz CT molecular complexity index is 1560. The summed E-state index contributed by atoms with van der Waals surface area (Å²) < 4.78 is 23.6. The topological polar surface area (TPSA) is 129 Å². The summed E-state index contributed by atoms with van der Waals surface area (Å²) in [6, 6.07) is 10.2. The van der Waals surface area contributed by atoms with E-state index in [0.717, 1.165) is 32.2 Å². The van der Waals surface area contributed by atoms with Crippen molar-refractivity contribution in [2.45, 2.75) is 77.6 Å². The average molecular weight is 620 g/mol. The maximum Gasteiger partial charge on any atom is 0.360 e. The third-order valence-corrected chi connectivity index (χ3v) is 10.6. The van der Waals surface area contributed by atoms with Crippen molar-refractivity contribution in [3.05, 3.63) is 64.7 Å². The van der Waals surface area contributed by atoms with Crippen LogP contribution in [0.15, 0.2) is 36.5 Å². The fraction of sp³-hybridized carbons (Fsp3) is 0.531. The normalized spacial score (nSPS) is 19.9. The Morgan fingerprint density at radius 1 is 1.09 bits per heavy atom. The van der Waals surface area contributed by atoms with Gasteiger partial charge in [0.1, 0.15) is 10.6 Å². The first-order valence-corrected chi connectivity index (χ1v) is 16.6. The molecule has 4 heterocycles. The van der Waals surface area contributed by atoms with Crippen molar-refractivity contribution >= 4 is 34.9 Å². The summed E-state index contributed by atoms with van der Waals surface area (Å²) >= 11 is -1.23. The number of aromatic nitrogens is 4. The molecule has 2 atom stereocenters.